The maximum Gasteiger partial charge on any atom is 0.321 e. The Morgan fingerprint density at radius 2 is 0.822 bits per heavy atom. The molecule has 0 unspecified atom stereocenters. The van der Waals surface area contributed by atoms with Gasteiger partial charge in [-0.1, -0.05) is 121 Å². The van der Waals surface area contributed by atoms with Crippen molar-refractivity contribution in [3.63, 3.8) is 0 Å². The first-order chi connectivity index (χ1) is 21.9. The van der Waals surface area contributed by atoms with Crippen LogP contribution in [-0.2, 0) is 22.4 Å². The minimum Gasteiger partial charge on any atom is -0.480 e. The van der Waals surface area contributed by atoms with Gasteiger partial charge in [0.25, 0.3) is 0 Å². The van der Waals surface area contributed by atoms with Gasteiger partial charge in [-0.15, -0.1) is 0 Å². The zero-order valence-electron chi connectivity index (χ0n) is 24.2. The summed E-state index contributed by atoms with van der Waals surface area (Å²) in [6.45, 7) is 0. The van der Waals surface area contributed by atoms with E-state index in [0.717, 1.165) is 81.0 Å². The Morgan fingerprint density at radius 1 is 0.400 bits per heavy atom. The molecule has 0 aliphatic carbocycles. The molecule has 2 N–H and O–H groups in total. The minimum atomic E-state index is -2.09. The van der Waals surface area contributed by atoms with Crippen molar-refractivity contribution in [2.75, 3.05) is 0 Å². The molecule has 0 spiro atoms. The highest BCUT2D eigenvalue weighted by Crippen LogP contribution is 2.44. The quantitative estimate of drug-likeness (QED) is 0.116. The molecule has 0 atom stereocenters. The van der Waals surface area contributed by atoms with E-state index >= 15 is 0 Å². The summed E-state index contributed by atoms with van der Waals surface area (Å²) in [5.74, 6) is -2.67. The van der Waals surface area contributed by atoms with Crippen LogP contribution in [0.25, 0.3) is 75.4 Å². The first-order valence-electron chi connectivity index (χ1n) is 15.1. The Hall–Kier alpha value is -5.74. The third-order valence-electron chi connectivity index (χ3n) is 10.0. The molecular formula is C41H26O4. The molecule has 4 nitrogen and oxygen atoms in total. The van der Waals surface area contributed by atoms with Gasteiger partial charge in [0.1, 0.15) is 0 Å². The Labute approximate surface area is 257 Å². The van der Waals surface area contributed by atoms with Crippen molar-refractivity contribution in [2.24, 2.45) is 5.41 Å². The maximum atomic E-state index is 13.3. The number of rotatable bonds is 6. The highest BCUT2D eigenvalue weighted by atomic mass is 16.4. The van der Waals surface area contributed by atoms with Gasteiger partial charge in [0.2, 0.25) is 0 Å². The van der Waals surface area contributed by atoms with Crippen LogP contribution in [0.2, 0.25) is 0 Å². The number of hydrogen-bond acceptors (Lipinski definition) is 2. The SMILES string of the molecule is O=C(O)C(Cc1ccc2ccc3cccc4ccc1c2c34)(Cc1ccc2cccc3c4cccc5cccc(c1c23)c54)C(=O)O. The fourth-order valence-corrected chi connectivity index (χ4v) is 7.93. The van der Waals surface area contributed by atoms with Crippen molar-refractivity contribution in [3.05, 3.63) is 132 Å². The van der Waals surface area contributed by atoms with Crippen molar-refractivity contribution < 1.29 is 19.8 Å². The molecular weight excluding hydrogens is 556 g/mol. The third-order valence-corrected chi connectivity index (χ3v) is 10.0. The van der Waals surface area contributed by atoms with Gasteiger partial charge in [-0.25, -0.2) is 0 Å². The van der Waals surface area contributed by atoms with Crippen LogP contribution in [0.15, 0.2) is 121 Å². The number of benzene rings is 9. The first kappa shape index (κ1) is 25.7. The Balaban J connectivity index is 1.30. The van der Waals surface area contributed by atoms with Gasteiger partial charge in [-0.3, -0.25) is 9.59 Å². The summed E-state index contributed by atoms with van der Waals surface area (Å²) in [7, 11) is 0. The number of fused-ring (bicyclic) bond motifs is 2. The lowest BCUT2D eigenvalue weighted by molar-refractivity contribution is -0.164. The lowest BCUT2D eigenvalue weighted by Crippen LogP contribution is -2.43. The van der Waals surface area contributed by atoms with Crippen LogP contribution in [0.4, 0.5) is 0 Å². The molecule has 0 saturated carbocycles. The van der Waals surface area contributed by atoms with E-state index in [2.05, 4.69) is 66.7 Å². The summed E-state index contributed by atoms with van der Waals surface area (Å²) in [5.41, 5.74) is -0.653. The second-order valence-corrected chi connectivity index (χ2v) is 12.3. The molecule has 0 heterocycles. The standard InChI is InChI=1S/C41H26O4/c42-39(43)41(40(44)45,21-28-17-15-27-14-13-24-5-1-6-25-19-20-30(28)36(27)34(24)25)22-29-18-16-26-9-3-11-32-31-10-2-7-23-8-4-12-33(35(23)31)38(29)37(26)32/h1-20H,21-22H2,(H,42,43)(H,44,45). The molecule has 0 saturated heterocycles. The monoisotopic (exact) mass is 582 g/mol. The van der Waals surface area contributed by atoms with Crippen molar-refractivity contribution in [1.82, 2.24) is 0 Å². The summed E-state index contributed by atoms with van der Waals surface area (Å²) in [6, 6.07) is 40.9. The summed E-state index contributed by atoms with van der Waals surface area (Å²) in [5, 5.41) is 36.4. The fourth-order valence-electron chi connectivity index (χ4n) is 7.93. The summed E-state index contributed by atoms with van der Waals surface area (Å²) < 4.78 is 0. The summed E-state index contributed by atoms with van der Waals surface area (Å²) >= 11 is 0. The Kier molecular flexibility index (Phi) is 5.22. The second-order valence-electron chi connectivity index (χ2n) is 12.3. The van der Waals surface area contributed by atoms with E-state index in [-0.39, 0.29) is 12.8 Å². The molecule has 214 valence electrons. The molecule has 0 aliphatic rings. The summed E-state index contributed by atoms with van der Waals surface area (Å²) in [6.07, 6.45) is -0.302. The number of aliphatic carboxylic acids is 2. The minimum absolute atomic E-state index is 0.147. The number of carboxylic acids is 2. The van der Waals surface area contributed by atoms with E-state index in [1.807, 2.05) is 54.6 Å². The van der Waals surface area contributed by atoms with Crippen molar-refractivity contribution in [1.29, 1.82) is 0 Å². The topological polar surface area (TPSA) is 74.6 Å². The van der Waals surface area contributed by atoms with Gasteiger partial charge in [0.15, 0.2) is 5.41 Å². The van der Waals surface area contributed by atoms with Crippen LogP contribution in [-0.4, -0.2) is 22.2 Å². The predicted octanol–water partition coefficient (Wildman–Crippen LogP) is 9.58. The third kappa shape index (κ3) is 3.48. The highest BCUT2D eigenvalue weighted by molar-refractivity contribution is 6.33. The zero-order chi connectivity index (χ0) is 30.4. The van der Waals surface area contributed by atoms with E-state index in [4.69, 9.17) is 0 Å². The van der Waals surface area contributed by atoms with Gasteiger partial charge >= 0.3 is 11.9 Å². The van der Waals surface area contributed by atoms with Gasteiger partial charge in [-0.2, -0.15) is 0 Å². The molecule has 0 radical (unpaired) electrons. The Bertz CT molecular complexity index is 2630. The smallest absolute Gasteiger partial charge is 0.321 e. The van der Waals surface area contributed by atoms with Crippen LogP contribution < -0.4 is 0 Å². The largest absolute Gasteiger partial charge is 0.480 e. The zero-order valence-corrected chi connectivity index (χ0v) is 24.2. The predicted molar refractivity (Wildman–Crippen MR) is 183 cm³/mol. The van der Waals surface area contributed by atoms with Crippen LogP contribution in [0.3, 0.4) is 0 Å². The molecule has 0 aliphatic heterocycles. The van der Waals surface area contributed by atoms with E-state index in [9.17, 15) is 19.8 Å². The molecule has 9 aromatic carbocycles. The van der Waals surface area contributed by atoms with Crippen LogP contribution >= 0.6 is 0 Å². The highest BCUT2D eigenvalue weighted by Gasteiger charge is 2.47. The Morgan fingerprint density at radius 3 is 1.47 bits per heavy atom. The van der Waals surface area contributed by atoms with Gasteiger partial charge in [0, 0.05) is 12.8 Å². The number of carboxylic acid groups (broad SMARTS) is 2. The number of hydrogen-bond donors (Lipinski definition) is 2. The van der Waals surface area contributed by atoms with Crippen molar-refractivity contribution >= 4 is 87.3 Å². The van der Waals surface area contributed by atoms with Gasteiger partial charge in [-0.05, 0) is 86.5 Å². The van der Waals surface area contributed by atoms with E-state index in [1.54, 1.807) is 0 Å². The summed E-state index contributed by atoms with van der Waals surface area (Å²) in [4.78, 5) is 26.6. The normalized spacial score (nSPS) is 12.5. The molecule has 9 aromatic rings. The van der Waals surface area contributed by atoms with E-state index in [1.165, 1.54) is 0 Å². The van der Waals surface area contributed by atoms with Crippen LogP contribution in [0.1, 0.15) is 11.1 Å². The van der Waals surface area contributed by atoms with Gasteiger partial charge in [0.05, 0.1) is 0 Å². The maximum absolute atomic E-state index is 13.3. The van der Waals surface area contributed by atoms with Crippen molar-refractivity contribution in [2.45, 2.75) is 12.8 Å². The fraction of sp³-hybridized carbons (Fsp3) is 0.0732. The second kappa shape index (κ2) is 9.13. The molecule has 4 heteroatoms. The first-order valence-corrected chi connectivity index (χ1v) is 15.1. The molecule has 0 amide bonds. The average Bonchev–Trinajstić information content (AvgIpc) is 3.06. The van der Waals surface area contributed by atoms with E-state index in [0.29, 0.717) is 5.56 Å². The van der Waals surface area contributed by atoms with Crippen LogP contribution in [0, 0.1) is 5.41 Å². The van der Waals surface area contributed by atoms with E-state index < -0.39 is 17.4 Å². The molecule has 45 heavy (non-hydrogen) atoms. The average molecular weight is 583 g/mol. The van der Waals surface area contributed by atoms with Gasteiger partial charge < -0.3 is 10.2 Å². The molecule has 9 rings (SSSR count). The molecule has 0 bridgehead atoms. The number of carbonyl (C=O) groups is 2. The van der Waals surface area contributed by atoms with Crippen LogP contribution in [0.5, 0.6) is 0 Å². The lowest BCUT2D eigenvalue weighted by Gasteiger charge is -2.27. The van der Waals surface area contributed by atoms with Crippen molar-refractivity contribution in [3.8, 4) is 0 Å². The lowest BCUT2D eigenvalue weighted by atomic mass is 9.74. The molecule has 0 fully saturated rings. The molecule has 0 aromatic heterocycles.